The zero-order chi connectivity index (χ0) is 29.3. The highest BCUT2D eigenvalue weighted by atomic mass is 16.2. The smallest absolute Gasteiger partial charge is 0.332 e. The molecule has 1 aliphatic heterocycles. The molecule has 3 heterocycles. The number of allylic oxidation sites excluding steroid dienone is 2. The molecule has 1 saturated carbocycles. The normalized spacial score (nSPS) is 17.7. The summed E-state index contributed by atoms with van der Waals surface area (Å²) in [5.41, 5.74) is 7.29. The Balaban J connectivity index is 1.55. The van der Waals surface area contributed by atoms with Gasteiger partial charge in [0.2, 0.25) is 11.9 Å². The van der Waals surface area contributed by atoms with Gasteiger partial charge in [-0.15, -0.1) is 0 Å². The van der Waals surface area contributed by atoms with Gasteiger partial charge in [-0.2, -0.15) is 4.98 Å². The zero-order valence-electron chi connectivity index (χ0n) is 24.1. The van der Waals surface area contributed by atoms with E-state index in [9.17, 15) is 19.2 Å². The van der Waals surface area contributed by atoms with Gasteiger partial charge in [0.25, 0.3) is 5.56 Å². The molecule has 11 heteroatoms. The van der Waals surface area contributed by atoms with Crippen LogP contribution in [0.1, 0.15) is 62.7 Å². The van der Waals surface area contributed by atoms with Crippen molar-refractivity contribution >= 4 is 34.5 Å². The summed E-state index contributed by atoms with van der Waals surface area (Å²) in [6.45, 7) is 5.22. The number of aromatic nitrogens is 4. The monoisotopic (exact) mass is 561 g/mol. The van der Waals surface area contributed by atoms with Gasteiger partial charge in [0.05, 0.1) is 12.2 Å². The van der Waals surface area contributed by atoms with Crippen LogP contribution in [-0.2, 0) is 24.9 Å². The maximum Gasteiger partial charge on any atom is 0.332 e. The number of carbonyl (C=O) groups is 2. The highest BCUT2D eigenvalue weighted by Crippen LogP contribution is 2.27. The summed E-state index contributed by atoms with van der Waals surface area (Å²) in [7, 11) is 1.56. The standard InChI is InChI=1S/C30H39N7O4/c1-19(2)14-16-36-25-26(33-29(36)35-15-8-11-21(31)17-35)34(3)30(41)37(28(25)40)18-24(38)22-12-6-7-13-23(22)32-27(39)20-9-4-5-10-20/h6-7,12-14,20-21H,4-5,8-11,15-18,31H2,1-3H3,(H,32,39). The predicted octanol–water partition coefficient (Wildman–Crippen LogP) is 2.80. The number of nitrogens with one attached hydrogen (secondary N) is 1. The zero-order valence-corrected chi connectivity index (χ0v) is 24.1. The van der Waals surface area contributed by atoms with Crippen LogP contribution in [0.3, 0.4) is 0 Å². The molecule has 1 amide bonds. The van der Waals surface area contributed by atoms with Crippen LogP contribution in [0.5, 0.6) is 0 Å². The molecule has 1 aliphatic carbocycles. The first-order chi connectivity index (χ1) is 19.7. The van der Waals surface area contributed by atoms with Crippen LogP contribution < -0.4 is 27.2 Å². The number of benzene rings is 1. The van der Waals surface area contributed by atoms with Crippen molar-refractivity contribution in [2.24, 2.45) is 18.7 Å². The third kappa shape index (κ3) is 5.76. The molecule has 0 spiro atoms. The van der Waals surface area contributed by atoms with Crippen LogP contribution in [0.4, 0.5) is 11.6 Å². The van der Waals surface area contributed by atoms with Crippen molar-refractivity contribution in [1.29, 1.82) is 0 Å². The van der Waals surface area contributed by atoms with Gasteiger partial charge in [0.1, 0.15) is 0 Å². The van der Waals surface area contributed by atoms with Gasteiger partial charge < -0.3 is 20.5 Å². The Morgan fingerprint density at radius 3 is 2.51 bits per heavy atom. The molecule has 3 aromatic rings. The first-order valence-corrected chi connectivity index (χ1v) is 14.4. The summed E-state index contributed by atoms with van der Waals surface area (Å²) in [4.78, 5) is 60.5. The summed E-state index contributed by atoms with van der Waals surface area (Å²) in [6, 6.07) is 6.72. The molecule has 2 aliphatic rings. The first kappa shape index (κ1) is 28.5. The number of rotatable bonds is 8. The van der Waals surface area contributed by atoms with E-state index < -0.39 is 23.6 Å². The number of imidazole rings is 1. The van der Waals surface area contributed by atoms with E-state index in [-0.39, 0.29) is 34.6 Å². The summed E-state index contributed by atoms with van der Waals surface area (Å²) >= 11 is 0. The number of nitrogens with two attached hydrogens (primary N) is 1. The summed E-state index contributed by atoms with van der Waals surface area (Å²) in [5.74, 6) is -0.0298. The molecule has 1 aromatic carbocycles. The summed E-state index contributed by atoms with van der Waals surface area (Å²) in [5, 5.41) is 2.90. The largest absolute Gasteiger partial charge is 0.341 e. The molecule has 0 radical (unpaired) electrons. The Bertz CT molecular complexity index is 1620. The van der Waals surface area contributed by atoms with Crippen molar-refractivity contribution in [2.45, 2.75) is 71.5 Å². The van der Waals surface area contributed by atoms with Crippen molar-refractivity contribution < 1.29 is 9.59 Å². The second kappa shape index (κ2) is 11.9. The van der Waals surface area contributed by atoms with Gasteiger partial charge in [0, 0.05) is 44.2 Å². The number of carbonyl (C=O) groups excluding carboxylic acids is 2. The average molecular weight is 562 g/mol. The number of nitrogens with zero attached hydrogens (tertiary/aromatic N) is 5. The molecular formula is C30H39N7O4. The lowest BCUT2D eigenvalue weighted by molar-refractivity contribution is -0.119. The molecule has 218 valence electrons. The maximum absolute atomic E-state index is 13.9. The van der Waals surface area contributed by atoms with Crippen LogP contribution in [0.25, 0.3) is 11.2 Å². The van der Waals surface area contributed by atoms with Crippen molar-refractivity contribution in [3.05, 3.63) is 62.3 Å². The van der Waals surface area contributed by atoms with Crippen molar-refractivity contribution in [3.8, 4) is 0 Å². The lowest BCUT2D eigenvalue weighted by atomic mass is 10.1. The average Bonchev–Trinajstić information content (AvgIpc) is 3.62. The number of Topliss-reactive ketones (excluding diaryl/α,β-unsaturated/α-hetero) is 1. The first-order valence-electron chi connectivity index (χ1n) is 14.4. The Hall–Kier alpha value is -3.99. The SMILES string of the molecule is CC(C)=CCn1c(N2CCCC(N)C2)nc2c1c(=O)n(CC(=O)c1ccccc1NC(=O)C1CCCC1)c(=O)n2C. The van der Waals surface area contributed by atoms with Crippen LogP contribution in [-0.4, -0.2) is 49.5 Å². The molecule has 5 rings (SSSR count). The van der Waals surface area contributed by atoms with Crippen molar-refractivity contribution in [3.63, 3.8) is 0 Å². The second-order valence-electron chi connectivity index (χ2n) is 11.5. The molecule has 0 bridgehead atoms. The minimum absolute atomic E-state index is 0.00667. The predicted molar refractivity (Wildman–Crippen MR) is 159 cm³/mol. The fourth-order valence-electron chi connectivity index (χ4n) is 5.87. The maximum atomic E-state index is 13.9. The second-order valence-corrected chi connectivity index (χ2v) is 11.5. The van der Waals surface area contributed by atoms with Crippen LogP contribution in [0, 0.1) is 5.92 Å². The molecule has 11 nitrogen and oxygen atoms in total. The molecule has 3 N–H and O–H groups in total. The van der Waals surface area contributed by atoms with Crippen LogP contribution in [0.15, 0.2) is 45.5 Å². The molecule has 1 unspecified atom stereocenters. The topological polar surface area (TPSA) is 137 Å². The van der Waals surface area contributed by atoms with Crippen molar-refractivity contribution in [1.82, 2.24) is 18.7 Å². The Kier molecular flexibility index (Phi) is 8.25. The van der Waals surface area contributed by atoms with Crippen molar-refractivity contribution in [2.75, 3.05) is 23.3 Å². The fraction of sp³-hybridized carbons (Fsp3) is 0.500. The number of piperidine rings is 1. The Morgan fingerprint density at radius 1 is 1.07 bits per heavy atom. The van der Waals surface area contributed by atoms with Crippen LogP contribution >= 0.6 is 0 Å². The molecule has 1 atom stereocenters. The van der Waals surface area contributed by atoms with Crippen LogP contribution in [0.2, 0.25) is 0 Å². The summed E-state index contributed by atoms with van der Waals surface area (Å²) < 4.78 is 4.11. The molecule has 2 aromatic heterocycles. The minimum atomic E-state index is -0.628. The van der Waals surface area contributed by atoms with Gasteiger partial charge in [-0.3, -0.25) is 23.5 Å². The van der Waals surface area contributed by atoms with E-state index in [0.29, 0.717) is 24.7 Å². The molecular weight excluding hydrogens is 522 g/mol. The van der Waals surface area contributed by atoms with E-state index in [2.05, 4.69) is 10.2 Å². The lowest BCUT2D eigenvalue weighted by Gasteiger charge is -2.31. The highest BCUT2D eigenvalue weighted by Gasteiger charge is 2.28. The lowest BCUT2D eigenvalue weighted by Crippen LogP contribution is -2.44. The minimum Gasteiger partial charge on any atom is -0.341 e. The highest BCUT2D eigenvalue weighted by molar-refractivity contribution is 6.05. The van der Waals surface area contributed by atoms with E-state index in [4.69, 9.17) is 10.7 Å². The van der Waals surface area contributed by atoms with Gasteiger partial charge in [0.15, 0.2) is 16.9 Å². The number of para-hydroxylation sites is 1. The Morgan fingerprint density at radius 2 is 1.80 bits per heavy atom. The van der Waals surface area contributed by atoms with E-state index in [1.54, 1.807) is 31.3 Å². The number of hydrogen-bond acceptors (Lipinski definition) is 7. The van der Waals surface area contributed by atoms with Gasteiger partial charge in [-0.05, 0) is 51.7 Å². The van der Waals surface area contributed by atoms with Gasteiger partial charge >= 0.3 is 5.69 Å². The van der Waals surface area contributed by atoms with Gasteiger partial charge in [-0.25, -0.2) is 4.79 Å². The van der Waals surface area contributed by atoms with E-state index >= 15 is 0 Å². The third-order valence-electron chi connectivity index (χ3n) is 8.15. The molecule has 1 saturated heterocycles. The number of fused-ring (bicyclic) bond motifs is 1. The number of amides is 1. The van der Waals surface area contributed by atoms with E-state index in [1.807, 2.05) is 24.5 Å². The number of hydrogen-bond donors (Lipinski definition) is 2. The number of aryl methyl sites for hydroxylation is 1. The fourth-order valence-corrected chi connectivity index (χ4v) is 5.87. The molecule has 2 fully saturated rings. The quantitative estimate of drug-likeness (QED) is 0.319. The van der Waals surface area contributed by atoms with Gasteiger partial charge in [-0.1, -0.05) is 36.6 Å². The number of anilines is 2. The van der Waals surface area contributed by atoms with E-state index in [0.717, 1.165) is 55.2 Å². The third-order valence-corrected chi connectivity index (χ3v) is 8.15. The molecule has 41 heavy (non-hydrogen) atoms. The Labute approximate surface area is 238 Å². The summed E-state index contributed by atoms with van der Waals surface area (Å²) in [6.07, 6.45) is 7.52. The number of ketones is 1. The van der Waals surface area contributed by atoms with E-state index in [1.165, 1.54) is 4.57 Å².